The van der Waals surface area contributed by atoms with Crippen molar-refractivity contribution in [2.24, 2.45) is 28.6 Å². The van der Waals surface area contributed by atoms with E-state index in [2.05, 4.69) is 31.7 Å². The lowest BCUT2D eigenvalue weighted by atomic mass is 9.40. The molecule has 42 heavy (non-hydrogen) atoms. The Kier molecular flexibility index (Phi) is 8.38. The third-order valence-corrected chi connectivity index (χ3v) is 11.7. The molecule has 0 amide bonds. The van der Waals surface area contributed by atoms with Crippen molar-refractivity contribution in [3.63, 3.8) is 0 Å². The zero-order chi connectivity index (χ0) is 29.6. The molecule has 6 rings (SSSR count). The lowest BCUT2D eigenvalue weighted by molar-refractivity contribution is -0.378. The molecule has 0 aromatic carbocycles. The molecule has 2 heterocycles. The van der Waals surface area contributed by atoms with Crippen molar-refractivity contribution >= 4 is 6.16 Å². The Balaban J connectivity index is 1.09. The van der Waals surface area contributed by atoms with Crippen LogP contribution in [0.15, 0.2) is 23.7 Å². The van der Waals surface area contributed by atoms with Crippen LogP contribution in [0.2, 0.25) is 0 Å². The van der Waals surface area contributed by atoms with Crippen LogP contribution in [0, 0.1) is 28.6 Å². The molecule has 2 N–H and O–H groups in total. The molecule has 2 bridgehead atoms. The summed E-state index contributed by atoms with van der Waals surface area (Å²) in [6.45, 7) is 8.29. The van der Waals surface area contributed by atoms with Gasteiger partial charge in [-0.25, -0.2) is 4.79 Å². The lowest BCUT2D eigenvalue weighted by Gasteiger charge is -2.70. The Labute approximate surface area is 251 Å². The summed E-state index contributed by atoms with van der Waals surface area (Å²) in [7, 11) is 0. The van der Waals surface area contributed by atoms with Gasteiger partial charge in [0.15, 0.2) is 5.76 Å². The molecular formula is C34H53NO7. The number of rotatable bonds is 14. The van der Waals surface area contributed by atoms with Gasteiger partial charge < -0.3 is 29.2 Å². The van der Waals surface area contributed by atoms with E-state index in [0.29, 0.717) is 37.4 Å². The molecule has 2 aliphatic heterocycles. The molecule has 3 unspecified atom stereocenters. The normalized spacial score (nSPS) is 37.7. The van der Waals surface area contributed by atoms with Crippen molar-refractivity contribution in [1.82, 2.24) is 4.90 Å². The van der Waals surface area contributed by atoms with Gasteiger partial charge in [0.1, 0.15) is 5.76 Å². The molecule has 0 aromatic rings. The second kappa shape index (κ2) is 11.6. The Morgan fingerprint density at radius 1 is 1.02 bits per heavy atom. The van der Waals surface area contributed by atoms with E-state index in [1.54, 1.807) is 0 Å². The van der Waals surface area contributed by atoms with Crippen molar-refractivity contribution in [3.05, 3.63) is 23.7 Å². The van der Waals surface area contributed by atoms with Gasteiger partial charge in [0, 0.05) is 23.9 Å². The molecule has 3 saturated carbocycles. The van der Waals surface area contributed by atoms with Crippen LogP contribution in [0.3, 0.4) is 0 Å². The summed E-state index contributed by atoms with van der Waals surface area (Å²) in [6, 6.07) is 0.00459. The van der Waals surface area contributed by atoms with E-state index in [9.17, 15) is 15.0 Å². The number of unbranched alkanes of at least 4 members (excludes halogenated alkanes) is 7. The van der Waals surface area contributed by atoms with Gasteiger partial charge >= 0.3 is 6.16 Å². The highest BCUT2D eigenvalue weighted by Gasteiger charge is 2.84. The maximum Gasteiger partial charge on any atom is 0.511 e. The number of carbonyl (C=O) groups is 1. The smallest absolute Gasteiger partial charge is 0.461 e. The fraction of sp³-hybridized carbons (Fsp3) is 0.853. The van der Waals surface area contributed by atoms with Crippen LogP contribution in [-0.4, -0.2) is 65.2 Å². The molecule has 0 radical (unpaired) electrons. The first-order valence-electron chi connectivity index (χ1n) is 16.9. The van der Waals surface area contributed by atoms with Crippen molar-refractivity contribution in [3.8, 4) is 0 Å². The van der Waals surface area contributed by atoms with E-state index in [0.717, 1.165) is 44.7 Å². The first-order chi connectivity index (χ1) is 20.2. The first-order valence-corrected chi connectivity index (χ1v) is 16.9. The van der Waals surface area contributed by atoms with Gasteiger partial charge in [0.05, 0.1) is 17.6 Å². The van der Waals surface area contributed by atoms with Crippen molar-refractivity contribution in [2.75, 3.05) is 26.5 Å². The van der Waals surface area contributed by atoms with E-state index in [1.165, 1.54) is 44.9 Å². The molecule has 1 spiro atoms. The average Bonchev–Trinajstić information content (AvgIpc) is 3.72. The SMILES string of the molecule is CCCCCCCCCCOC(=O)OCOC1=C2O[C@@]3(O)C(C)(C)CC[C@@]4(O)C5CC(C=C1)C2[C@]43CCN5CC1CC1. The highest BCUT2D eigenvalue weighted by atomic mass is 16.8. The topological polar surface area (TPSA) is 97.7 Å². The molecule has 5 fully saturated rings. The Bertz CT molecular complexity index is 1070. The van der Waals surface area contributed by atoms with Gasteiger partial charge in [-0.1, -0.05) is 71.8 Å². The predicted octanol–water partition coefficient (Wildman–Crippen LogP) is 6.41. The van der Waals surface area contributed by atoms with Gasteiger partial charge in [0.2, 0.25) is 12.6 Å². The molecule has 0 aromatic heterocycles. The van der Waals surface area contributed by atoms with Crippen LogP contribution in [0.1, 0.15) is 111 Å². The minimum Gasteiger partial charge on any atom is -0.461 e. The molecule has 2 saturated heterocycles. The van der Waals surface area contributed by atoms with Crippen LogP contribution in [0.25, 0.3) is 0 Å². The molecule has 8 nitrogen and oxygen atoms in total. The number of hydrogen-bond donors (Lipinski definition) is 2. The van der Waals surface area contributed by atoms with Gasteiger partial charge in [-0.3, -0.25) is 4.90 Å². The molecule has 6 aliphatic rings. The fourth-order valence-corrected chi connectivity index (χ4v) is 9.26. The predicted molar refractivity (Wildman–Crippen MR) is 158 cm³/mol. The number of nitrogens with zero attached hydrogens (tertiary/aromatic N) is 1. The zero-order valence-corrected chi connectivity index (χ0v) is 26.1. The molecular weight excluding hydrogens is 534 g/mol. The third-order valence-electron chi connectivity index (χ3n) is 11.7. The summed E-state index contributed by atoms with van der Waals surface area (Å²) >= 11 is 0. The summed E-state index contributed by atoms with van der Waals surface area (Å²) in [6.07, 6.45) is 18.2. The van der Waals surface area contributed by atoms with E-state index >= 15 is 0 Å². The minimum atomic E-state index is -1.52. The maximum atomic E-state index is 12.7. The molecule has 8 heteroatoms. The summed E-state index contributed by atoms with van der Waals surface area (Å²) < 4.78 is 23.1. The third kappa shape index (κ3) is 4.88. The van der Waals surface area contributed by atoms with Crippen molar-refractivity contribution < 1.29 is 34.0 Å². The van der Waals surface area contributed by atoms with Gasteiger partial charge in [-0.15, -0.1) is 0 Å². The zero-order valence-electron chi connectivity index (χ0n) is 26.1. The Morgan fingerprint density at radius 3 is 2.50 bits per heavy atom. The number of aliphatic hydroxyl groups is 2. The van der Waals surface area contributed by atoms with Crippen LogP contribution in [-0.2, 0) is 18.9 Å². The van der Waals surface area contributed by atoms with E-state index in [1.807, 2.05) is 6.08 Å². The number of carbonyl (C=O) groups excluding carboxylic acids is 1. The van der Waals surface area contributed by atoms with Crippen LogP contribution in [0.4, 0.5) is 4.79 Å². The Hall–Kier alpha value is -1.77. The number of likely N-dealkylation sites (tertiary alicyclic amines) is 1. The lowest BCUT2D eigenvalue weighted by Crippen LogP contribution is -2.81. The number of hydrogen-bond acceptors (Lipinski definition) is 8. The van der Waals surface area contributed by atoms with E-state index in [4.69, 9.17) is 18.9 Å². The van der Waals surface area contributed by atoms with Crippen LogP contribution in [0.5, 0.6) is 0 Å². The average molecular weight is 588 g/mol. The first kappa shape index (κ1) is 30.3. The van der Waals surface area contributed by atoms with Gasteiger partial charge in [0.25, 0.3) is 0 Å². The Morgan fingerprint density at radius 2 is 1.76 bits per heavy atom. The molecule has 236 valence electrons. The monoisotopic (exact) mass is 587 g/mol. The highest BCUT2D eigenvalue weighted by molar-refractivity contribution is 5.59. The molecule has 6 atom stereocenters. The summed E-state index contributed by atoms with van der Waals surface area (Å²) in [4.78, 5) is 14.7. The fourth-order valence-electron chi connectivity index (χ4n) is 9.26. The number of ether oxygens (including phenoxy) is 4. The van der Waals surface area contributed by atoms with Crippen molar-refractivity contribution in [1.29, 1.82) is 0 Å². The van der Waals surface area contributed by atoms with E-state index in [-0.39, 0.29) is 24.7 Å². The number of allylic oxidation sites excluding steroid dienone is 3. The largest absolute Gasteiger partial charge is 0.511 e. The minimum absolute atomic E-state index is 0.00459. The standard InChI is InChI=1S/C34H53NO7/c1-4-5-6-7-8-9-10-11-20-39-30(36)41-23-40-26-15-14-25-21-27-33(37)17-16-31(2,3)34(38)32(33,28(25)29(26)42-34)18-19-35(27)22-24-12-13-24/h14-15,24-25,27-28,37-38H,4-13,16-23H2,1-3H3/t25?,27?,28?,32-,33-,34+/m1/s1. The van der Waals surface area contributed by atoms with Crippen LogP contribution >= 0.6 is 0 Å². The quantitative estimate of drug-likeness (QED) is 0.137. The van der Waals surface area contributed by atoms with Gasteiger partial charge in [-0.2, -0.15) is 0 Å². The molecule has 4 aliphatic carbocycles. The summed E-state index contributed by atoms with van der Waals surface area (Å²) in [5.74, 6) is 0.250. The number of piperidine rings is 1. The second-order valence-corrected chi connectivity index (χ2v) is 14.7. The van der Waals surface area contributed by atoms with Gasteiger partial charge in [-0.05, 0) is 69.4 Å². The van der Waals surface area contributed by atoms with Crippen LogP contribution < -0.4 is 0 Å². The summed E-state index contributed by atoms with van der Waals surface area (Å²) in [5.41, 5.74) is -2.41. The highest BCUT2D eigenvalue weighted by Crippen LogP contribution is 2.76. The van der Waals surface area contributed by atoms with Crippen molar-refractivity contribution in [2.45, 2.75) is 128 Å². The summed E-state index contributed by atoms with van der Waals surface area (Å²) in [5, 5.41) is 25.2. The van der Waals surface area contributed by atoms with E-state index < -0.39 is 28.4 Å². The second-order valence-electron chi connectivity index (χ2n) is 14.7. The maximum absolute atomic E-state index is 12.7.